The van der Waals surface area contributed by atoms with Crippen molar-refractivity contribution >= 4 is 79.0 Å². The van der Waals surface area contributed by atoms with Crippen LogP contribution in [0, 0.1) is 0 Å². The number of hydrogen-bond donors (Lipinski definition) is 0. The maximum Gasteiger partial charge on any atom is 0.252 e. The lowest BCUT2D eigenvalue weighted by Gasteiger charge is -2.44. The van der Waals surface area contributed by atoms with E-state index in [4.69, 9.17) is 0 Å². The van der Waals surface area contributed by atoms with Crippen molar-refractivity contribution in [3.05, 3.63) is 194 Å². The van der Waals surface area contributed by atoms with E-state index in [2.05, 4.69) is 208 Å². The van der Waals surface area contributed by atoms with E-state index in [1.54, 1.807) is 0 Å². The van der Waals surface area contributed by atoms with Gasteiger partial charge in [0.2, 0.25) is 0 Å². The molecule has 4 heteroatoms. The number of aromatic nitrogens is 1. The van der Waals surface area contributed by atoms with E-state index in [-0.39, 0.29) is 6.71 Å². The fraction of sp³-hybridized carbons (Fsp3) is 0. The molecule has 2 aliphatic heterocycles. The maximum absolute atomic E-state index is 2.48. The second kappa shape index (κ2) is 11.4. The van der Waals surface area contributed by atoms with Gasteiger partial charge in [-0.15, -0.1) is 0 Å². The van der Waals surface area contributed by atoms with E-state index < -0.39 is 0 Å². The molecule has 0 bridgehead atoms. The number of para-hydroxylation sites is 5. The number of rotatable bonds is 4. The molecule has 52 heavy (non-hydrogen) atoms. The monoisotopic (exact) mass is 661 g/mol. The first kappa shape index (κ1) is 29.0. The molecular formula is C48H32BN3. The molecule has 0 saturated carbocycles. The first-order valence-electron chi connectivity index (χ1n) is 18.0. The number of hydrogen-bond acceptors (Lipinski definition) is 2. The predicted octanol–water partition coefficient (Wildman–Crippen LogP) is 10.5. The van der Waals surface area contributed by atoms with Crippen LogP contribution in [0.2, 0.25) is 0 Å². The zero-order valence-electron chi connectivity index (χ0n) is 28.4. The summed E-state index contributed by atoms with van der Waals surface area (Å²) in [4.78, 5) is 4.91. The molecular weight excluding hydrogens is 629 g/mol. The lowest BCUT2D eigenvalue weighted by atomic mass is 9.33. The molecule has 11 rings (SSSR count). The molecule has 2 aliphatic rings. The number of nitrogens with zero attached hydrogens (tertiary/aromatic N) is 3. The van der Waals surface area contributed by atoms with Crippen LogP contribution in [0.5, 0.6) is 0 Å². The SMILES string of the molecule is c1ccc(N2c3ccccc3B3c4cc(-c5cccc6c5c5ccccc5n6-c5ccccc5)ccc4N(c4ccccc4)c4cccc2c43)cc1. The van der Waals surface area contributed by atoms with E-state index in [9.17, 15) is 0 Å². The Hall–Kier alpha value is -6.78. The van der Waals surface area contributed by atoms with Crippen LogP contribution in [-0.2, 0) is 0 Å². The Morgan fingerprint density at radius 2 is 0.904 bits per heavy atom. The summed E-state index contributed by atoms with van der Waals surface area (Å²) in [5, 5.41) is 2.53. The second-order valence-corrected chi connectivity index (χ2v) is 13.7. The van der Waals surface area contributed by atoms with Gasteiger partial charge in [0.25, 0.3) is 6.71 Å². The van der Waals surface area contributed by atoms with Crippen molar-refractivity contribution in [1.29, 1.82) is 0 Å². The van der Waals surface area contributed by atoms with Crippen LogP contribution in [0.25, 0.3) is 38.6 Å². The average Bonchev–Trinajstić information content (AvgIpc) is 3.56. The lowest BCUT2D eigenvalue weighted by Crippen LogP contribution is -2.61. The predicted molar refractivity (Wildman–Crippen MR) is 220 cm³/mol. The molecule has 3 nitrogen and oxygen atoms in total. The van der Waals surface area contributed by atoms with Gasteiger partial charge < -0.3 is 14.4 Å². The van der Waals surface area contributed by atoms with Crippen molar-refractivity contribution in [1.82, 2.24) is 4.57 Å². The van der Waals surface area contributed by atoms with Crippen molar-refractivity contribution in [2.24, 2.45) is 0 Å². The third-order valence-corrected chi connectivity index (χ3v) is 11.0. The van der Waals surface area contributed by atoms with Gasteiger partial charge in [0.15, 0.2) is 0 Å². The zero-order chi connectivity index (χ0) is 34.2. The van der Waals surface area contributed by atoms with Crippen molar-refractivity contribution in [3.8, 4) is 16.8 Å². The normalized spacial score (nSPS) is 12.9. The highest BCUT2D eigenvalue weighted by molar-refractivity contribution is 7.00. The van der Waals surface area contributed by atoms with Crippen molar-refractivity contribution in [2.75, 3.05) is 9.80 Å². The molecule has 8 aromatic carbocycles. The minimum Gasteiger partial charge on any atom is -0.311 e. The second-order valence-electron chi connectivity index (χ2n) is 13.7. The highest BCUT2D eigenvalue weighted by Gasteiger charge is 2.43. The van der Waals surface area contributed by atoms with Crippen LogP contribution >= 0.6 is 0 Å². The summed E-state index contributed by atoms with van der Waals surface area (Å²) < 4.78 is 2.40. The topological polar surface area (TPSA) is 11.4 Å². The molecule has 0 N–H and O–H groups in total. The summed E-state index contributed by atoms with van der Waals surface area (Å²) in [5.74, 6) is 0. The van der Waals surface area contributed by atoms with Crippen LogP contribution in [0.4, 0.5) is 34.1 Å². The van der Waals surface area contributed by atoms with Crippen molar-refractivity contribution < 1.29 is 0 Å². The molecule has 0 aliphatic carbocycles. The Labute approximate surface area is 303 Å². The van der Waals surface area contributed by atoms with Gasteiger partial charge in [-0.1, -0.05) is 121 Å². The Morgan fingerprint density at radius 1 is 0.365 bits per heavy atom. The minimum absolute atomic E-state index is 0.0575. The quantitative estimate of drug-likeness (QED) is 0.174. The molecule has 0 saturated heterocycles. The fourth-order valence-electron chi connectivity index (χ4n) is 8.88. The minimum atomic E-state index is 0.0575. The third kappa shape index (κ3) is 4.15. The largest absolute Gasteiger partial charge is 0.311 e. The summed E-state index contributed by atoms with van der Waals surface area (Å²) in [6.45, 7) is 0.0575. The summed E-state index contributed by atoms with van der Waals surface area (Å²) in [6, 6.07) is 70.9. The molecule has 3 heterocycles. The molecule has 0 radical (unpaired) electrons. The van der Waals surface area contributed by atoms with Gasteiger partial charge in [-0.2, -0.15) is 0 Å². The van der Waals surface area contributed by atoms with Gasteiger partial charge in [-0.25, -0.2) is 0 Å². The zero-order valence-corrected chi connectivity index (χ0v) is 28.4. The third-order valence-electron chi connectivity index (χ3n) is 11.0. The van der Waals surface area contributed by atoms with E-state index in [0.717, 1.165) is 11.4 Å². The molecule has 0 unspecified atom stereocenters. The Morgan fingerprint density at radius 3 is 1.62 bits per heavy atom. The van der Waals surface area contributed by atoms with Gasteiger partial charge in [-0.05, 0) is 100 Å². The molecule has 242 valence electrons. The highest BCUT2D eigenvalue weighted by atomic mass is 15.2. The first-order chi connectivity index (χ1) is 25.8. The Bertz CT molecular complexity index is 2790. The summed E-state index contributed by atoms with van der Waals surface area (Å²) in [6.07, 6.45) is 0. The molecule has 9 aromatic rings. The summed E-state index contributed by atoms with van der Waals surface area (Å²) >= 11 is 0. The first-order valence-corrected chi connectivity index (χ1v) is 18.0. The Kier molecular flexibility index (Phi) is 6.35. The number of anilines is 6. The van der Waals surface area contributed by atoms with Gasteiger partial charge in [-0.3, -0.25) is 0 Å². The molecule has 0 amide bonds. The molecule has 0 atom stereocenters. The van der Waals surface area contributed by atoms with Gasteiger partial charge in [0.05, 0.1) is 11.0 Å². The van der Waals surface area contributed by atoms with Gasteiger partial charge in [0, 0.05) is 50.6 Å². The highest BCUT2D eigenvalue weighted by Crippen LogP contribution is 2.45. The van der Waals surface area contributed by atoms with Gasteiger partial charge >= 0.3 is 0 Å². The molecule has 1 aromatic heterocycles. The van der Waals surface area contributed by atoms with Crippen LogP contribution in [0.1, 0.15) is 0 Å². The van der Waals surface area contributed by atoms with Crippen molar-refractivity contribution in [2.45, 2.75) is 0 Å². The van der Waals surface area contributed by atoms with Crippen LogP contribution < -0.4 is 26.2 Å². The average molecular weight is 662 g/mol. The van der Waals surface area contributed by atoms with E-state index in [1.165, 1.54) is 77.8 Å². The molecule has 0 spiro atoms. The van der Waals surface area contributed by atoms with E-state index >= 15 is 0 Å². The van der Waals surface area contributed by atoms with Crippen LogP contribution in [-0.4, -0.2) is 11.3 Å². The summed E-state index contributed by atoms with van der Waals surface area (Å²) in [5.41, 5.74) is 17.2. The summed E-state index contributed by atoms with van der Waals surface area (Å²) in [7, 11) is 0. The smallest absolute Gasteiger partial charge is 0.252 e. The van der Waals surface area contributed by atoms with Crippen LogP contribution in [0.3, 0.4) is 0 Å². The number of fused-ring (bicyclic) bond motifs is 7. The van der Waals surface area contributed by atoms with Crippen LogP contribution in [0.15, 0.2) is 194 Å². The van der Waals surface area contributed by atoms with E-state index in [0.29, 0.717) is 0 Å². The standard InChI is InChI=1S/C48H32BN3/c1-4-16-34(17-5-1)50-41-25-12-10-22-38(41)47-37(23-14-27-44(47)50)33-30-31-43-40(32-33)49-39-24-11-13-26-42(39)51(35-18-6-2-7-19-35)45-28-15-29-46(48(45)49)52(43)36-20-8-3-9-21-36/h1-32H. The molecule has 0 fully saturated rings. The number of benzene rings is 8. The maximum atomic E-state index is 2.48. The van der Waals surface area contributed by atoms with Crippen molar-refractivity contribution in [3.63, 3.8) is 0 Å². The van der Waals surface area contributed by atoms with E-state index in [1.807, 2.05) is 0 Å². The Balaban J connectivity index is 1.20. The fourth-order valence-corrected chi connectivity index (χ4v) is 8.88. The van der Waals surface area contributed by atoms with Gasteiger partial charge in [0.1, 0.15) is 0 Å². The lowest BCUT2D eigenvalue weighted by molar-refractivity contribution is 1.18.